The van der Waals surface area contributed by atoms with Gasteiger partial charge < -0.3 is 19.3 Å². The Morgan fingerprint density at radius 1 is 1.08 bits per heavy atom. The van der Waals surface area contributed by atoms with Crippen molar-refractivity contribution in [1.82, 2.24) is 19.6 Å². The average molecular weight is 492 g/mol. The third-order valence-corrected chi connectivity index (χ3v) is 7.28. The summed E-state index contributed by atoms with van der Waals surface area (Å²) in [4.78, 5) is 30.2. The third kappa shape index (κ3) is 5.09. The van der Waals surface area contributed by atoms with E-state index in [0.29, 0.717) is 37.4 Å². The van der Waals surface area contributed by atoms with Crippen LogP contribution in [0.25, 0.3) is 0 Å². The Morgan fingerprint density at radius 3 is 2.44 bits per heavy atom. The van der Waals surface area contributed by atoms with Gasteiger partial charge in [0.05, 0.1) is 23.8 Å². The number of carbonyl (C=O) groups is 2. The van der Waals surface area contributed by atoms with Gasteiger partial charge >= 0.3 is 0 Å². The van der Waals surface area contributed by atoms with Gasteiger partial charge in [-0.15, -0.1) is 0 Å². The summed E-state index contributed by atoms with van der Waals surface area (Å²) in [7, 11) is 0. The van der Waals surface area contributed by atoms with Crippen LogP contribution in [0.1, 0.15) is 60.4 Å². The molecular formula is C27H33N5O4. The second kappa shape index (κ2) is 10.3. The molecule has 1 aliphatic carbocycles. The Morgan fingerprint density at radius 2 is 1.78 bits per heavy atom. The third-order valence-electron chi connectivity index (χ3n) is 7.28. The van der Waals surface area contributed by atoms with E-state index in [1.807, 2.05) is 35.8 Å². The Labute approximate surface area is 211 Å². The molecule has 3 aliphatic rings. The van der Waals surface area contributed by atoms with Crippen molar-refractivity contribution in [2.75, 3.05) is 26.2 Å². The molecule has 2 aliphatic heterocycles. The smallest absolute Gasteiger partial charge is 0.274 e. The summed E-state index contributed by atoms with van der Waals surface area (Å²) in [5.74, 6) is 0.714. The van der Waals surface area contributed by atoms with Gasteiger partial charge in [0.2, 0.25) is 5.91 Å². The number of rotatable bonds is 5. The van der Waals surface area contributed by atoms with Gasteiger partial charge in [0.25, 0.3) is 5.91 Å². The van der Waals surface area contributed by atoms with Crippen molar-refractivity contribution in [2.45, 2.75) is 70.8 Å². The fourth-order valence-corrected chi connectivity index (χ4v) is 5.56. The predicted molar refractivity (Wildman–Crippen MR) is 132 cm³/mol. The summed E-state index contributed by atoms with van der Waals surface area (Å²) in [5.41, 5.74) is 3.15. The minimum atomic E-state index is -0.0536. The number of amides is 2. The number of piperidine rings is 1. The Kier molecular flexibility index (Phi) is 6.97. The summed E-state index contributed by atoms with van der Waals surface area (Å²) in [6.07, 6.45) is 4.20. The van der Waals surface area contributed by atoms with Crippen molar-refractivity contribution in [3.8, 4) is 11.8 Å². The standard InChI is InChI=1S/C27H33N5O4/c1-18-15-31(16-19(2)35-18)27(34)26-23-4-3-5-24(23)32(29-26)17-25(33)30-12-10-22(11-13-30)36-21-8-6-20(14-28)7-9-21/h6-9,18-19,22H,3-5,10-13,15-17H2,1-2H3/t18-,19+. The maximum atomic E-state index is 13.3. The zero-order valence-corrected chi connectivity index (χ0v) is 21.0. The number of hydrogen-bond acceptors (Lipinski definition) is 6. The molecule has 36 heavy (non-hydrogen) atoms. The molecule has 1 aromatic carbocycles. The summed E-state index contributed by atoms with van der Waals surface area (Å²) in [6.45, 7) is 6.49. The van der Waals surface area contributed by atoms with Gasteiger partial charge in [-0.2, -0.15) is 10.4 Å². The maximum Gasteiger partial charge on any atom is 0.274 e. The molecule has 2 aromatic rings. The normalized spacial score (nSPS) is 22.2. The average Bonchev–Trinajstić information content (AvgIpc) is 3.48. The van der Waals surface area contributed by atoms with Gasteiger partial charge in [0.15, 0.2) is 5.69 Å². The molecule has 0 saturated carbocycles. The predicted octanol–water partition coefficient (Wildman–Crippen LogP) is 2.56. The number of nitriles is 1. The van der Waals surface area contributed by atoms with Crippen LogP contribution in [-0.2, 0) is 28.9 Å². The van der Waals surface area contributed by atoms with Gasteiger partial charge in [-0.25, -0.2) is 0 Å². The number of carbonyl (C=O) groups excluding carboxylic acids is 2. The van der Waals surface area contributed by atoms with Gasteiger partial charge in [-0.3, -0.25) is 14.3 Å². The van der Waals surface area contributed by atoms with Crippen molar-refractivity contribution >= 4 is 11.8 Å². The lowest BCUT2D eigenvalue weighted by atomic mass is 10.1. The molecule has 2 amide bonds. The second-order valence-electron chi connectivity index (χ2n) is 10.1. The minimum Gasteiger partial charge on any atom is -0.490 e. The number of likely N-dealkylation sites (tertiary alicyclic amines) is 1. The minimum absolute atomic E-state index is 0.00164. The first-order valence-corrected chi connectivity index (χ1v) is 12.9. The lowest BCUT2D eigenvalue weighted by molar-refractivity contribution is -0.133. The summed E-state index contributed by atoms with van der Waals surface area (Å²) >= 11 is 0. The summed E-state index contributed by atoms with van der Waals surface area (Å²) in [6, 6.07) is 9.22. The lowest BCUT2D eigenvalue weighted by Crippen LogP contribution is -2.48. The SMILES string of the molecule is C[C@@H]1CN(C(=O)c2nn(CC(=O)N3CCC(Oc4ccc(C#N)cc4)CC3)c3c2CCC3)C[C@H](C)O1. The molecular weight excluding hydrogens is 458 g/mol. The number of ether oxygens (including phenoxy) is 2. The molecule has 3 heterocycles. The van der Waals surface area contributed by atoms with E-state index < -0.39 is 0 Å². The highest BCUT2D eigenvalue weighted by atomic mass is 16.5. The number of benzene rings is 1. The molecule has 0 N–H and O–H groups in total. The number of aromatic nitrogens is 2. The molecule has 2 atom stereocenters. The Bertz CT molecular complexity index is 1150. The van der Waals surface area contributed by atoms with E-state index in [1.165, 1.54) is 0 Å². The maximum absolute atomic E-state index is 13.3. The topological polar surface area (TPSA) is 101 Å². The monoisotopic (exact) mass is 491 g/mol. The van der Waals surface area contributed by atoms with E-state index in [0.717, 1.165) is 49.1 Å². The fourth-order valence-electron chi connectivity index (χ4n) is 5.56. The molecule has 1 aromatic heterocycles. The molecule has 2 fully saturated rings. The Hall–Kier alpha value is -3.38. The molecule has 0 unspecified atom stereocenters. The van der Waals surface area contributed by atoms with Crippen LogP contribution in [0.2, 0.25) is 0 Å². The van der Waals surface area contributed by atoms with Gasteiger partial charge in [0.1, 0.15) is 18.4 Å². The lowest BCUT2D eigenvalue weighted by Gasteiger charge is -2.35. The molecule has 0 radical (unpaired) electrons. The zero-order valence-electron chi connectivity index (χ0n) is 21.0. The highest BCUT2D eigenvalue weighted by molar-refractivity contribution is 5.94. The van der Waals surface area contributed by atoms with Crippen molar-refractivity contribution in [1.29, 1.82) is 5.26 Å². The highest BCUT2D eigenvalue weighted by Gasteiger charge is 2.33. The molecule has 0 bridgehead atoms. The van der Waals surface area contributed by atoms with E-state index >= 15 is 0 Å². The Balaban J connectivity index is 1.20. The van der Waals surface area contributed by atoms with Crippen LogP contribution in [0.4, 0.5) is 0 Å². The largest absolute Gasteiger partial charge is 0.490 e. The van der Waals surface area contributed by atoms with Crippen LogP contribution < -0.4 is 4.74 Å². The number of hydrogen-bond donors (Lipinski definition) is 0. The number of morpholine rings is 1. The van der Waals surface area contributed by atoms with Crippen molar-refractivity contribution < 1.29 is 19.1 Å². The highest BCUT2D eigenvalue weighted by Crippen LogP contribution is 2.28. The summed E-state index contributed by atoms with van der Waals surface area (Å²) in [5, 5.41) is 13.6. The second-order valence-corrected chi connectivity index (χ2v) is 10.1. The van der Waals surface area contributed by atoms with E-state index in [-0.39, 0.29) is 36.7 Å². The first-order chi connectivity index (χ1) is 17.4. The molecule has 9 nitrogen and oxygen atoms in total. The van der Waals surface area contributed by atoms with Crippen molar-refractivity contribution in [2.24, 2.45) is 0 Å². The van der Waals surface area contributed by atoms with E-state index in [4.69, 9.17) is 14.7 Å². The van der Waals surface area contributed by atoms with E-state index in [1.54, 1.807) is 16.8 Å². The van der Waals surface area contributed by atoms with Gasteiger partial charge in [0, 0.05) is 50.3 Å². The van der Waals surface area contributed by atoms with Crippen molar-refractivity contribution in [3.63, 3.8) is 0 Å². The van der Waals surface area contributed by atoms with Crippen molar-refractivity contribution in [3.05, 3.63) is 46.8 Å². The number of fused-ring (bicyclic) bond motifs is 1. The van der Waals surface area contributed by atoms with Gasteiger partial charge in [-0.05, 0) is 57.4 Å². The molecule has 2 saturated heterocycles. The van der Waals surface area contributed by atoms with Gasteiger partial charge in [-0.1, -0.05) is 0 Å². The summed E-state index contributed by atoms with van der Waals surface area (Å²) < 4.78 is 13.6. The van der Waals surface area contributed by atoms with Crippen LogP contribution in [0, 0.1) is 11.3 Å². The number of nitrogens with zero attached hydrogens (tertiary/aromatic N) is 5. The molecule has 190 valence electrons. The molecule has 9 heteroatoms. The zero-order chi connectivity index (χ0) is 25.2. The van der Waals surface area contributed by atoms with Crippen LogP contribution in [0.5, 0.6) is 5.75 Å². The fraction of sp³-hybridized carbons (Fsp3) is 0.556. The van der Waals surface area contributed by atoms with Crippen LogP contribution in [0.15, 0.2) is 24.3 Å². The molecule has 0 spiro atoms. The quantitative estimate of drug-likeness (QED) is 0.637. The van der Waals surface area contributed by atoms with E-state index in [9.17, 15) is 9.59 Å². The van der Waals surface area contributed by atoms with E-state index in [2.05, 4.69) is 11.2 Å². The molecule has 5 rings (SSSR count). The van der Waals surface area contributed by atoms with Crippen LogP contribution in [-0.4, -0.2) is 75.9 Å². The first-order valence-electron chi connectivity index (χ1n) is 12.9. The van der Waals surface area contributed by atoms with Crippen LogP contribution >= 0.6 is 0 Å². The van der Waals surface area contributed by atoms with Crippen LogP contribution in [0.3, 0.4) is 0 Å². The first kappa shape index (κ1) is 24.3.